The maximum atomic E-state index is 11.7. The smallest absolute Gasteiger partial charge is 0.408 e. The van der Waals surface area contributed by atoms with Gasteiger partial charge in [-0.05, 0) is 34.6 Å². The van der Waals surface area contributed by atoms with E-state index in [2.05, 4.69) is 10.3 Å². The van der Waals surface area contributed by atoms with Gasteiger partial charge in [0.05, 0.1) is 0 Å². The summed E-state index contributed by atoms with van der Waals surface area (Å²) >= 11 is 0. The maximum absolute atomic E-state index is 11.7. The largest absolute Gasteiger partial charge is 0.444 e. The molecular weight excluding hydrogens is 234 g/mol. The van der Waals surface area contributed by atoms with Gasteiger partial charge in [0.1, 0.15) is 17.5 Å². The van der Waals surface area contributed by atoms with Gasteiger partial charge in [-0.3, -0.25) is 4.79 Å². The highest BCUT2D eigenvalue weighted by molar-refractivity contribution is 5.96. The maximum Gasteiger partial charge on any atom is 0.408 e. The first kappa shape index (κ1) is 16.4. The van der Waals surface area contributed by atoms with Gasteiger partial charge in [-0.25, -0.2) is 4.79 Å². The van der Waals surface area contributed by atoms with Crippen molar-refractivity contribution in [3.8, 4) is 0 Å². The number of rotatable bonds is 2. The Morgan fingerprint density at radius 3 is 2.17 bits per heavy atom. The Kier molecular flexibility index (Phi) is 5.81. The standard InChI is InChI=1S/C12H23N3O3/c1-8(10(16)14-9(2)15(6)7)13-11(17)18-12(3,4)5/h8H,1-7H3,(H,13,17)/t8-/m0/s1. The minimum Gasteiger partial charge on any atom is -0.444 e. The van der Waals surface area contributed by atoms with Crippen LogP contribution >= 0.6 is 0 Å². The zero-order valence-corrected chi connectivity index (χ0v) is 12.2. The van der Waals surface area contributed by atoms with E-state index >= 15 is 0 Å². The Hall–Kier alpha value is -1.59. The molecule has 0 saturated carbocycles. The third-order valence-corrected chi connectivity index (χ3v) is 2.02. The van der Waals surface area contributed by atoms with E-state index < -0.39 is 23.6 Å². The summed E-state index contributed by atoms with van der Waals surface area (Å²) in [6.45, 7) is 8.56. The molecule has 0 fully saturated rings. The lowest BCUT2D eigenvalue weighted by Crippen LogP contribution is -2.41. The van der Waals surface area contributed by atoms with Crippen LogP contribution in [-0.2, 0) is 9.53 Å². The highest BCUT2D eigenvalue weighted by Gasteiger charge is 2.20. The first-order valence-electron chi connectivity index (χ1n) is 5.79. The predicted octanol–water partition coefficient (Wildman–Crippen LogP) is 1.41. The van der Waals surface area contributed by atoms with E-state index in [1.165, 1.54) is 0 Å². The zero-order chi connectivity index (χ0) is 14.5. The van der Waals surface area contributed by atoms with Gasteiger partial charge in [-0.2, -0.15) is 4.99 Å². The number of hydrogen-bond donors (Lipinski definition) is 1. The van der Waals surface area contributed by atoms with E-state index in [9.17, 15) is 9.59 Å². The molecule has 0 aliphatic carbocycles. The van der Waals surface area contributed by atoms with Crippen LogP contribution in [0.1, 0.15) is 34.6 Å². The molecule has 0 spiro atoms. The molecule has 0 radical (unpaired) electrons. The van der Waals surface area contributed by atoms with Crippen molar-refractivity contribution < 1.29 is 14.3 Å². The Morgan fingerprint density at radius 1 is 1.28 bits per heavy atom. The van der Waals surface area contributed by atoms with Gasteiger partial charge in [-0.15, -0.1) is 0 Å². The molecule has 1 N–H and O–H groups in total. The average Bonchev–Trinajstić information content (AvgIpc) is 2.13. The molecule has 0 aromatic rings. The topological polar surface area (TPSA) is 71.0 Å². The molecule has 0 aliphatic rings. The molecule has 2 amide bonds. The van der Waals surface area contributed by atoms with E-state index in [1.807, 2.05) is 0 Å². The number of nitrogens with one attached hydrogen (secondary N) is 1. The molecule has 0 unspecified atom stereocenters. The van der Waals surface area contributed by atoms with Crippen LogP contribution in [0.15, 0.2) is 4.99 Å². The van der Waals surface area contributed by atoms with Gasteiger partial charge in [0, 0.05) is 14.1 Å². The molecule has 6 nitrogen and oxygen atoms in total. The molecule has 0 aliphatic heterocycles. The highest BCUT2D eigenvalue weighted by Crippen LogP contribution is 2.06. The highest BCUT2D eigenvalue weighted by atomic mass is 16.6. The van der Waals surface area contributed by atoms with Crippen molar-refractivity contribution >= 4 is 17.8 Å². The monoisotopic (exact) mass is 257 g/mol. The normalized spacial score (nSPS) is 13.8. The van der Waals surface area contributed by atoms with E-state index in [4.69, 9.17) is 4.74 Å². The number of amides is 2. The summed E-state index contributed by atoms with van der Waals surface area (Å²) in [6.07, 6.45) is -0.624. The van der Waals surface area contributed by atoms with E-state index in [-0.39, 0.29) is 0 Å². The zero-order valence-electron chi connectivity index (χ0n) is 12.2. The summed E-state index contributed by atoms with van der Waals surface area (Å²) in [5.41, 5.74) is -0.588. The molecule has 0 saturated heterocycles. The van der Waals surface area contributed by atoms with E-state index in [0.29, 0.717) is 5.84 Å². The number of amidine groups is 1. The summed E-state index contributed by atoms with van der Waals surface area (Å²) in [5.74, 6) is 0.171. The van der Waals surface area contributed by atoms with Crippen LogP contribution in [0.5, 0.6) is 0 Å². The van der Waals surface area contributed by atoms with E-state index in [0.717, 1.165) is 0 Å². The van der Waals surface area contributed by atoms with Crippen molar-refractivity contribution in [2.45, 2.75) is 46.3 Å². The molecule has 104 valence electrons. The number of ether oxygens (including phenoxy) is 1. The Labute approximate surface area is 108 Å². The fourth-order valence-electron chi connectivity index (χ4n) is 0.902. The van der Waals surface area contributed by atoms with Gasteiger partial charge in [-0.1, -0.05) is 0 Å². The van der Waals surface area contributed by atoms with Crippen LogP contribution in [0.4, 0.5) is 4.79 Å². The molecule has 0 bridgehead atoms. The van der Waals surface area contributed by atoms with Crippen molar-refractivity contribution in [2.75, 3.05) is 14.1 Å². The molecule has 0 heterocycles. The number of alkyl carbamates (subject to hydrolysis) is 1. The number of hydrogen-bond acceptors (Lipinski definition) is 3. The van der Waals surface area contributed by atoms with Gasteiger partial charge < -0.3 is 15.0 Å². The SMILES string of the molecule is CC(=NC(=O)[C@H](C)NC(=O)OC(C)(C)C)N(C)C. The fourth-order valence-corrected chi connectivity index (χ4v) is 0.902. The minimum absolute atomic E-state index is 0.410. The minimum atomic E-state index is -0.713. The van der Waals surface area contributed by atoms with Crippen LogP contribution in [0.3, 0.4) is 0 Å². The lowest BCUT2D eigenvalue weighted by Gasteiger charge is -2.21. The van der Waals surface area contributed by atoms with Crippen molar-refractivity contribution in [1.82, 2.24) is 10.2 Å². The second-order valence-corrected chi connectivity index (χ2v) is 5.26. The Bertz CT molecular complexity index is 343. The lowest BCUT2D eigenvalue weighted by atomic mass is 10.2. The molecule has 0 rings (SSSR count). The lowest BCUT2D eigenvalue weighted by molar-refractivity contribution is -0.119. The molecule has 6 heteroatoms. The van der Waals surface area contributed by atoms with Gasteiger partial charge in [0.2, 0.25) is 0 Å². The molecular formula is C12H23N3O3. The number of nitrogens with zero attached hydrogens (tertiary/aromatic N) is 2. The molecule has 0 aromatic heterocycles. The first-order valence-corrected chi connectivity index (χ1v) is 5.79. The second-order valence-electron chi connectivity index (χ2n) is 5.26. The molecule has 18 heavy (non-hydrogen) atoms. The Morgan fingerprint density at radius 2 is 1.78 bits per heavy atom. The van der Waals surface area contributed by atoms with Gasteiger partial charge in [0.15, 0.2) is 0 Å². The fraction of sp³-hybridized carbons (Fsp3) is 0.750. The van der Waals surface area contributed by atoms with Crippen LogP contribution in [0, 0.1) is 0 Å². The Balaban J connectivity index is 4.42. The second kappa shape index (κ2) is 6.37. The first-order chi connectivity index (χ1) is 8.03. The van der Waals surface area contributed by atoms with Crippen molar-refractivity contribution in [2.24, 2.45) is 4.99 Å². The molecule has 0 aromatic carbocycles. The van der Waals surface area contributed by atoms with Crippen molar-refractivity contribution in [3.63, 3.8) is 0 Å². The quantitative estimate of drug-likeness (QED) is 0.599. The van der Waals surface area contributed by atoms with Crippen LogP contribution < -0.4 is 5.32 Å². The summed E-state index contributed by atoms with van der Waals surface area (Å²) in [6, 6.07) is -0.713. The third-order valence-electron chi connectivity index (χ3n) is 2.02. The van der Waals surface area contributed by atoms with Gasteiger partial charge >= 0.3 is 6.09 Å². The number of carbonyl (C=O) groups excluding carboxylic acids is 2. The van der Waals surface area contributed by atoms with Crippen molar-refractivity contribution in [3.05, 3.63) is 0 Å². The number of aliphatic imine (C=N–C) groups is 1. The summed E-state index contributed by atoms with van der Waals surface area (Å²) in [7, 11) is 3.58. The van der Waals surface area contributed by atoms with Crippen LogP contribution in [-0.4, -0.2) is 48.5 Å². The van der Waals surface area contributed by atoms with Crippen LogP contribution in [0.2, 0.25) is 0 Å². The average molecular weight is 257 g/mol. The molecule has 1 atom stereocenters. The van der Waals surface area contributed by atoms with E-state index in [1.54, 1.807) is 53.6 Å². The third kappa shape index (κ3) is 6.88. The summed E-state index contributed by atoms with van der Waals surface area (Å²) in [5, 5.41) is 2.44. The summed E-state index contributed by atoms with van der Waals surface area (Å²) in [4.78, 5) is 28.7. The number of carbonyl (C=O) groups is 2. The van der Waals surface area contributed by atoms with Crippen molar-refractivity contribution in [1.29, 1.82) is 0 Å². The predicted molar refractivity (Wildman–Crippen MR) is 70.6 cm³/mol. The van der Waals surface area contributed by atoms with Crippen LogP contribution in [0.25, 0.3) is 0 Å². The van der Waals surface area contributed by atoms with Gasteiger partial charge in [0.25, 0.3) is 5.91 Å². The summed E-state index contributed by atoms with van der Waals surface area (Å²) < 4.78 is 5.05.